The summed E-state index contributed by atoms with van der Waals surface area (Å²) in [7, 11) is 3.16. The zero-order valence-corrected chi connectivity index (χ0v) is 15.3. The van der Waals surface area contributed by atoms with Gasteiger partial charge in [0.1, 0.15) is 0 Å². The number of ether oxygens (including phenoxy) is 2. The highest BCUT2D eigenvalue weighted by atomic mass is 16.5. The van der Waals surface area contributed by atoms with Crippen LogP contribution in [0.2, 0.25) is 0 Å². The molecular formula is C19H26N2O5. The Kier molecular flexibility index (Phi) is 6.89. The quantitative estimate of drug-likeness (QED) is 0.728. The van der Waals surface area contributed by atoms with Crippen molar-refractivity contribution in [2.75, 3.05) is 27.3 Å². The standard InChI is InChI=1S/C19H26N2O5/c1-4-5-15-10-13(11-16(25-2)17(15)26-3)12-20-19(24)21-8-6-14(7-9-21)18(22)23/h4,10-11,14H,1,5-9,12H2,2-3H3,(H,20,24)(H,22,23). The Labute approximate surface area is 153 Å². The number of methoxy groups -OCH3 is 2. The highest BCUT2D eigenvalue weighted by Crippen LogP contribution is 2.33. The third-order valence-corrected chi connectivity index (χ3v) is 4.55. The lowest BCUT2D eigenvalue weighted by molar-refractivity contribution is -0.143. The van der Waals surface area contributed by atoms with Crippen molar-refractivity contribution >= 4 is 12.0 Å². The Bertz CT molecular complexity index is 666. The number of hydrogen-bond acceptors (Lipinski definition) is 4. The maximum atomic E-state index is 12.3. The first kappa shape index (κ1) is 19.6. The lowest BCUT2D eigenvalue weighted by Gasteiger charge is -2.30. The van der Waals surface area contributed by atoms with E-state index in [-0.39, 0.29) is 11.9 Å². The number of carbonyl (C=O) groups excluding carboxylic acids is 1. The molecule has 142 valence electrons. The van der Waals surface area contributed by atoms with Crippen molar-refractivity contribution in [2.24, 2.45) is 5.92 Å². The smallest absolute Gasteiger partial charge is 0.317 e. The van der Waals surface area contributed by atoms with E-state index in [9.17, 15) is 9.59 Å². The predicted octanol–water partition coefficient (Wildman–Crippen LogP) is 2.44. The van der Waals surface area contributed by atoms with E-state index in [2.05, 4.69) is 11.9 Å². The van der Waals surface area contributed by atoms with Crippen LogP contribution in [0, 0.1) is 5.92 Å². The molecule has 0 bridgehead atoms. The summed E-state index contributed by atoms with van der Waals surface area (Å²) in [4.78, 5) is 25.0. The van der Waals surface area contributed by atoms with Gasteiger partial charge in [-0.05, 0) is 37.0 Å². The van der Waals surface area contributed by atoms with E-state index in [1.807, 2.05) is 12.1 Å². The number of urea groups is 1. The number of benzene rings is 1. The van der Waals surface area contributed by atoms with Gasteiger partial charge < -0.3 is 24.8 Å². The van der Waals surface area contributed by atoms with Crippen molar-refractivity contribution < 1.29 is 24.2 Å². The van der Waals surface area contributed by atoms with Gasteiger partial charge in [0.05, 0.1) is 20.1 Å². The second-order valence-corrected chi connectivity index (χ2v) is 6.24. The van der Waals surface area contributed by atoms with E-state index >= 15 is 0 Å². The van der Waals surface area contributed by atoms with Crippen LogP contribution in [0.3, 0.4) is 0 Å². The van der Waals surface area contributed by atoms with Crippen LogP contribution in [0.1, 0.15) is 24.0 Å². The summed E-state index contributed by atoms with van der Waals surface area (Å²) in [6.45, 7) is 5.01. The molecule has 7 heteroatoms. The van der Waals surface area contributed by atoms with Gasteiger partial charge in [-0.2, -0.15) is 0 Å². The average molecular weight is 362 g/mol. The number of rotatable bonds is 7. The van der Waals surface area contributed by atoms with Gasteiger partial charge in [0.2, 0.25) is 0 Å². The van der Waals surface area contributed by atoms with Crippen molar-refractivity contribution in [1.82, 2.24) is 10.2 Å². The number of nitrogens with one attached hydrogen (secondary N) is 1. The van der Waals surface area contributed by atoms with E-state index in [0.29, 0.717) is 50.4 Å². The van der Waals surface area contributed by atoms with Crippen molar-refractivity contribution in [3.05, 3.63) is 35.9 Å². The van der Waals surface area contributed by atoms with Crippen LogP contribution in [0.5, 0.6) is 11.5 Å². The molecule has 1 fully saturated rings. The fourth-order valence-corrected chi connectivity index (χ4v) is 3.13. The van der Waals surface area contributed by atoms with Gasteiger partial charge in [0, 0.05) is 25.2 Å². The second kappa shape index (κ2) is 9.12. The molecule has 0 unspecified atom stereocenters. The van der Waals surface area contributed by atoms with Crippen LogP contribution < -0.4 is 14.8 Å². The number of nitrogens with zero attached hydrogens (tertiary/aromatic N) is 1. The minimum Gasteiger partial charge on any atom is -0.493 e. The van der Waals surface area contributed by atoms with Crippen LogP contribution in [0.4, 0.5) is 4.79 Å². The number of amides is 2. The van der Waals surface area contributed by atoms with Crippen molar-refractivity contribution in [3.8, 4) is 11.5 Å². The molecule has 0 saturated carbocycles. The summed E-state index contributed by atoms with van der Waals surface area (Å²) >= 11 is 0. The number of carboxylic acid groups (broad SMARTS) is 1. The highest BCUT2D eigenvalue weighted by Gasteiger charge is 2.26. The maximum Gasteiger partial charge on any atom is 0.317 e. The summed E-state index contributed by atoms with van der Waals surface area (Å²) < 4.78 is 10.8. The van der Waals surface area contributed by atoms with Crippen molar-refractivity contribution in [2.45, 2.75) is 25.8 Å². The minimum absolute atomic E-state index is 0.186. The first-order valence-corrected chi connectivity index (χ1v) is 8.60. The Balaban J connectivity index is 2.00. The summed E-state index contributed by atoms with van der Waals surface area (Å²) in [5, 5.41) is 11.9. The number of carbonyl (C=O) groups is 2. The SMILES string of the molecule is C=CCc1cc(CNC(=O)N2CCC(C(=O)O)CC2)cc(OC)c1OC. The molecule has 2 amide bonds. The molecule has 0 spiro atoms. The van der Waals surface area contributed by atoms with E-state index in [1.54, 1.807) is 25.2 Å². The first-order chi connectivity index (χ1) is 12.5. The van der Waals surface area contributed by atoms with Crippen LogP contribution >= 0.6 is 0 Å². The lowest BCUT2D eigenvalue weighted by Crippen LogP contribution is -2.45. The number of carboxylic acids is 1. The van der Waals surface area contributed by atoms with Gasteiger partial charge in [-0.15, -0.1) is 6.58 Å². The second-order valence-electron chi connectivity index (χ2n) is 6.24. The van der Waals surface area contributed by atoms with Gasteiger partial charge in [0.25, 0.3) is 0 Å². The first-order valence-electron chi connectivity index (χ1n) is 8.60. The summed E-state index contributed by atoms with van der Waals surface area (Å²) in [6, 6.07) is 3.61. The molecule has 2 N–H and O–H groups in total. The lowest BCUT2D eigenvalue weighted by atomic mass is 9.97. The Hall–Kier alpha value is -2.70. The van der Waals surface area contributed by atoms with Crippen LogP contribution in [-0.4, -0.2) is 49.3 Å². The van der Waals surface area contributed by atoms with Gasteiger partial charge in [-0.3, -0.25) is 4.79 Å². The zero-order valence-electron chi connectivity index (χ0n) is 15.3. The molecule has 26 heavy (non-hydrogen) atoms. The van der Waals surface area contributed by atoms with Crippen LogP contribution in [-0.2, 0) is 17.8 Å². The number of piperidine rings is 1. The molecule has 1 aromatic carbocycles. The molecule has 0 atom stereocenters. The van der Waals surface area contributed by atoms with Gasteiger partial charge >= 0.3 is 12.0 Å². The molecule has 1 aliphatic heterocycles. The maximum absolute atomic E-state index is 12.3. The fourth-order valence-electron chi connectivity index (χ4n) is 3.13. The van der Waals surface area contributed by atoms with E-state index in [4.69, 9.17) is 14.6 Å². The highest BCUT2D eigenvalue weighted by molar-refractivity contribution is 5.75. The molecule has 1 saturated heterocycles. The van der Waals surface area contributed by atoms with E-state index < -0.39 is 5.97 Å². The minimum atomic E-state index is -0.787. The number of likely N-dealkylation sites (tertiary alicyclic amines) is 1. The monoisotopic (exact) mass is 362 g/mol. The zero-order chi connectivity index (χ0) is 19.1. The molecule has 1 aliphatic rings. The topological polar surface area (TPSA) is 88.1 Å². The van der Waals surface area contributed by atoms with Crippen molar-refractivity contribution in [3.63, 3.8) is 0 Å². The number of hydrogen-bond donors (Lipinski definition) is 2. The number of aliphatic carboxylic acids is 1. The summed E-state index contributed by atoms with van der Waals surface area (Å²) in [6.07, 6.45) is 3.39. The third kappa shape index (κ3) is 4.68. The van der Waals surface area contributed by atoms with Crippen molar-refractivity contribution in [1.29, 1.82) is 0 Å². The molecule has 0 aromatic heterocycles. The summed E-state index contributed by atoms with van der Waals surface area (Å²) in [5.41, 5.74) is 1.83. The third-order valence-electron chi connectivity index (χ3n) is 4.55. The van der Waals surface area contributed by atoms with E-state index in [0.717, 1.165) is 11.1 Å². The predicted molar refractivity (Wildman–Crippen MR) is 97.6 cm³/mol. The van der Waals surface area contributed by atoms with E-state index in [1.165, 1.54) is 0 Å². The fraction of sp³-hybridized carbons (Fsp3) is 0.474. The van der Waals surface area contributed by atoms with Gasteiger partial charge in [-0.1, -0.05) is 6.08 Å². The molecule has 2 rings (SSSR count). The Morgan fingerprint density at radius 3 is 2.54 bits per heavy atom. The molecule has 0 aliphatic carbocycles. The summed E-state index contributed by atoms with van der Waals surface area (Å²) in [5.74, 6) is 0.132. The molecule has 7 nitrogen and oxygen atoms in total. The Morgan fingerprint density at radius 1 is 1.31 bits per heavy atom. The average Bonchev–Trinajstić information content (AvgIpc) is 2.65. The van der Waals surface area contributed by atoms with Gasteiger partial charge in [0.15, 0.2) is 11.5 Å². The normalized spacial score (nSPS) is 14.6. The van der Waals surface area contributed by atoms with Crippen LogP contribution in [0.25, 0.3) is 0 Å². The molecule has 1 aromatic rings. The van der Waals surface area contributed by atoms with Gasteiger partial charge in [-0.25, -0.2) is 4.79 Å². The Morgan fingerprint density at radius 2 is 2.00 bits per heavy atom. The van der Waals surface area contributed by atoms with Crippen LogP contribution in [0.15, 0.2) is 24.8 Å². The molecule has 1 heterocycles. The number of allylic oxidation sites excluding steroid dienone is 1. The molecular weight excluding hydrogens is 336 g/mol. The largest absolute Gasteiger partial charge is 0.493 e. The molecule has 0 radical (unpaired) electrons.